The van der Waals surface area contributed by atoms with Crippen LogP contribution in [0.1, 0.15) is 37.3 Å². The third-order valence-corrected chi connectivity index (χ3v) is 3.63. The van der Waals surface area contributed by atoms with Gasteiger partial charge in [0.25, 0.3) is 0 Å². The Bertz CT molecular complexity index is 477. The highest BCUT2D eigenvalue weighted by atomic mass is 19.1. The van der Waals surface area contributed by atoms with Gasteiger partial charge in [-0.1, -0.05) is 18.9 Å². The molecule has 1 saturated carbocycles. The maximum atomic E-state index is 13.6. The molecule has 6 heteroatoms. The lowest BCUT2D eigenvalue weighted by Crippen LogP contribution is -2.25. The Morgan fingerprint density at radius 1 is 1.55 bits per heavy atom. The average Bonchev–Trinajstić information content (AvgIpc) is 3.19. The topological polar surface area (TPSA) is 102 Å². The molecule has 1 aromatic rings. The molecule has 0 aromatic heterocycles. The summed E-state index contributed by atoms with van der Waals surface area (Å²) >= 11 is 0. The summed E-state index contributed by atoms with van der Waals surface area (Å²) in [6.07, 6.45) is 3.31. The molecule has 6 N–H and O–H groups in total. The zero-order valence-corrected chi connectivity index (χ0v) is 11.7. The summed E-state index contributed by atoms with van der Waals surface area (Å²) in [6, 6.07) is 4.27. The highest BCUT2D eigenvalue weighted by Gasteiger charge is 2.22. The van der Waals surface area contributed by atoms with Crippen LogP contribution < -0.4 is 16.8 Å². The predicted octanol–water partition coefficient (Wildman–Crippen LogP) is 3.29. The van der Waals surface area contributed by atoms with Gasteiger partial charge < -0.3 is 17.0 Å². The number of carboxylic acid groups (broad SMARTS) is 1. The summed E-state index contributed by atoms with van der Waals surface area (Å²) in [4.78, 5) is 11.8. The Morgan fingerprint density at radius 3 is 2.75 bits per heavy atom. The van der Waals surface area contributed by atoms with Gasteiger partial charge in [0.2, 0.25) is 0 Å². The van der Waals surface area contributed by atoms with Crippen LogP contribution in [0.2, 0.25) is 0 Å². The number of nitrogens with zero attached hydrogens (tertiary/aromatic N) is 1. The Balaban J connectivity index is 0.00000200. The summed E-state index contributed by atoms with van der Waals surface area (Å²) in [5.74, 6) is 0.246. The van der Waals surface area contributed by atoms with Crippen LogP contribution >= 0.6 is 0 Å². The van der Waals surface area contributed by atoms with Crippen molar-refractivity contribution in [3.05, 3.63) is 29.6 Å². The third kappa shape index (κ3) is 3.91. The van der Waals surface area contributed by atoms with Crippen molar-refractivity contribution in [2.45, 2.75) is 31.7 Å². The first kappa shape index (κ1) is 16.4. The highest BCUT2D eigenvalue weighted by molar-refractivity contribution is 5.85. The van der Waals surface area contributed by atoms with E-state index < -0.39 is 11.9 Å². The first-order chi connectivity index (χ1) is 8.99. The van der Waals surface area contributed by atoms with E-state index in [1.54, 1.807) is 6.07 Å². The minimum atomic E-state index is -1.19. The van der Waals surface area contributed by atoms with Gasteiger partial charge in [-0.25, -0.2) is 9.18 Å². The largest absolute Gasteiger partial charge is 0.465 e. The standard InChI is InChI=1S/C14H19FN2O2.H3N/c1-17(14(18)19)13-8-10(5-6-11(13)15)12(16)7-4-9-2-3-9;/h5-6,8-9,12H,2-4,7,16H2,1H3,(H,18,19);1H3. The van der Waals surface area contributed by atoms with Crippen LogP contribution in [-0.4, -0.2) is 18.2 Å². The van der Waals surface area contributed by atoms with Crippen molar-refractivity contribution in [3.8, 4) is 0 Å². The van der Waals surface area contributed by atoms with Crippen LogP contribution in [0.3, 0.4) is 0 Å². The number of benzene rings is 1. The second-order valence-corrected chi connectivity index (χ2v) is 5.18. The Morgan fingerprint density at radius 2 is 2.20 bits per heavy atom. The molecule has 0 bridgehead atoms. The second-order valence-electron chi connectivity index (χ2n) is 5.18. The molecule has 112 valence electrons. The summed E-state index contributed by atoms with van der Waals surface area (Å²) in [5, 5.41) is 8.90. The zero-order valence-electron chi connectivity index (χ0n) is 11.7. The summed E-state index contributed by atoms with van der Waals surface area (Å²) in [5.41, 5.74) is 6.91. The van der Waals surface area contributed by atoms with E-state index in [1.165, 1.54) is 32.0 Å². The van der Waals surface area contributed by atoms with Crippen molar-refractivity contribution in [1.82, 2.24) is 6.15 Å². The third-order valence-electron chi connectivity index (χ3n) is 3.63. The fourth-order valence-corrected chi connectivity index (χ4v) is 2.11. The average molecular weight is 283 g/mol. The summed E-state index contributed by atoms with van der Waals surface area (Å²) in [6.45, 7) is 0. The van der Waals surface area contributed by atoms with Gasteiger partial charge >= 0.3 is 6.09 Å². The Labute approximate surface area is 118 Å². The van der Waals surface area contributed by atoms with E-state index in [4.69, 9.17) is 10.8 Å². The molecule has 1 atom stereocenters. The van der Waals surface area contributed by atoms with Gasteiger partial charge in [0.15, 0.2) is 0 Å². The number of hydrogen-bond donors (Lipinski definition) is 3. The van der Waals surface area contributed by atoms with Crippen LogP contribution in [-0.2, 0) is 0 Å². The van der Waals surface area contributed by atoms with E-state index in [0.717, 1.165) is 29.2 Å². The number of hydrogen-bond acceptors (Lipinski definition) is 3. The van der Waals surface area contributed by atoms with Crippen LogP contribution in [0.5, 0.6) is 0 Å². The summed E-state index contributed by atoms with van der Waals surface area (Å²) < 4.78 is 13.6. The van der Waals surface area contributed by atoms with Gasteiger partial charge in [0, 0.05) is 13.1 Å². The fourth-order valence-electron chi connectivity index (χ4n) is 2.11. The van der Waals surface area contributed by atoms with Crippen molar-refractivity contribution in [2.75, 3.05) is 11.9 Å². The molecular formula is C14H22FN3O2. The number of rotatable bonds is 5. The van der Waals surface area contributed by atoms with E-state index in [0.29, 0.717) is 0 Å². The smallest absolute Gasteiger partial charge is 0.411 e. The summed E-state index contributed by atoms with van der Waals surface area (Å²) in [7, 11) is 1.32. The number of halogens is 1. The molecule has 20 heavy (non-hydrogen) atoms. The molecule has 1 unspecified atom stereocenters. The van der Waals surface area contributed by atoms with E-state index in [2.05, 4.69) is 0 Å². The molecule has 5 nitrogen and oxygen atoms in total. The normalized spacial score (nSPS) is 15.3. The number of nitrogens with two attached hydrogens (primary N) is 1. The van der Waals surface area contributed by atoms with Crippen molar-refractivity contribution in [1.29, 1.82) is 0 Å². The van der Waals surface area contributed by atoms with Crippen molar-refractivity contribution in [3.63, 3.8) is 0 Å². The van der Waals surface area contributed by atoms with Crippen molar-refractivity contribution < 1.29 is 14.3 Å². The minimum absolute atomic E-state index is 0. The lowest BCUT2D eigenvalue weighted by Gasteiger charge is -2.18. The Hall–Kier alpha value is -1.66. The molecule has 1 amide bonds. The lowest BCUT2D eigenvalue weighted by atomic mass is 10.0. The Kier molecular flexibility index (Phi) is 5.47. The number of anilines is 1. The van der Waals surface area contributed by atoms with Gasteiger partial charge in [-0.2, -0.15) is 0 Å². The second kappa shape index (κ2) is 6.67. The molecule has 1 fully saturated rings. The van der Waals surface area contributed by atoms with E-state index in [1.807, 2.05) is 0 Å². The SMILES string of the molecule is CN(C(=O)O)c1cc(C(N)CCC2CC2)ccc1F.N. The molecule has 1 aliphatic carbocycles. The van der Waals surface area contributed by atoms with Crippen LogP contribution in [0.15, 0.2) is 18.2 Å². The fraction of sp³-hybridized carbons (Fsp3) is 0.500. The predicted molar refractivity (Wildman–Crippen MR) is 76.7 cm³/mol. The molecular weight excluding hydrogens is 261 g/mol. The first-order valence-corrected chi connectivity index (χ1v) is 6.50. The first-order valence-electron chi connectivity index (χ1n) is 6.50. The van der Waals surface area contributed by atoms with Gasteiger partial charge in [-0.3, -0.25) is 4.90 Å². The lowest BCUT2D eigenvalue weighted by molar-refractivity contribution is 0.203. The zero-order chi connectivity index (χ0) is 14.0. The molecule has 1 aromatic carbocycles. The van der Waals surface area contributed by atoms with E-state index in [9.17, 15) is 9.18 Å². The van der Waals surface area contributed by atoms with Gasteiger partial charge in [0.05, 0.1) is 5.69 Å². The van der Waals surface area contributed by atoms with Gasteiger partial charge in [-0.05, 0) is 36.5 Å². The number of amides is 1. The van der Waals surface area contributed by atoms with Crippen molar-refractivity contribution >= 4 is 11.8 Å². The molecule has 0 heterocycles. The highest BCUT2D eigenvalue weighted by Crippen LogP contribution is 2.35. The number of carbonyl (C=O) groups is 1. The molecule has 0 aliphatic heterocycles. The molecule has 0 spiro atoms. The van der Waals surface area contributed by atoms with Crippen LogP contribution in [0, 0.1) is 11.7 Å². The molecule has 0 saturated heterocycles. The van der Waals surface area contributed by atoms with E-state index in [-0.39, 0.29) is 17.9 Å². The van der Waals surface area contributed by atoms with Gasteiger partial charge in [-0.15, -0.1) is 0 Å². The van der Waals surface area contributed by atoms with Crippen LogP contribution in [0.4, 0.5) is 14.9 Å². The molecule has 2 rings (SSSR count). The van der Waals surface area contributed by atoms with Gasteiger partial charge in [0.1, 0.15) is 5.82 Å². The maximum Gasteiger partial charge on any atom is 0.411 e. The molecule has 1 aliphatic rings. The maximum absolute atomic E-state index is 13.6. The molecule has 0 radical (unpaired) electrons. The minimum Gasteiger partial charge on any atom is -0.465 e. The van der Waals surface area contributed by atoms with Crippen molar-refractivity contribution in [2.24, 2.45) is 11.7 Å². The van der Waals surface area contributed by atoms with E-state index >= 15 is 0 Å². The monoisotopic (exact) mass is 283 g/mol. The quantitative estimate of drug-likeness (QED) is 0.771. The van der Waals surface area contributed by atoms with Crippen LogP contribution in [0.25, 0.3) is 0 Å².